The summed E-state index contributed by atoms with van der Waals surface area (Å²) in [6.07, 6.45) is 6.14. The number of nitrogens with one attached hydrogen (secondary N) is 2. The molecular weight excluding hydrogens is 409 g/mol. The molecule has 1 aliphatic rings. The fraction of sp³-hybridized carbons (Fsp3) is 0.286. The predicted octanol–water partition coefficient (Wildman–Crippen LogP) is 4.95. The smallest absolute Gasteiger partial charge is 0.319 e. The number of pyridine rings is 1. The number of hydrogen-bond donors (Lipinski definition) is 2. The number of urea groups is 1. The van der Waals surface area contributed by atoms with Gasteiger partial charge in [-0.05, 0) is 56.0 Å². The zero-order chi connectivity index (χ0) is 20.2. The standard InChI is InChI=1S/C21H21Cl2N5O/c22-16-9-8-14(13-17(16)23)26-21(29)25-11-12-28-19-7-2-1-5-15(19)20(27-28)18-6-3-4-10-24-18/h3-4,6,8-10,13H,1-2,5,7,11-12H2,(H2,25,26,29). The van der Waals surface area contributed by atoms with E-state index in [1.54, 1.807) is 24.4 Å². The molecule has 2 aromatic heterocycles. The highest BCUT2D eigenvalue weighted by atomic mass is 35.5. The summed E-state index contributed by atoms with van der Waals surface area (Å²) in [5, 5.41) is 11.3. The predicted molar refractivity (Wildman–Crippen MR) is 116 cm³/mol. The highest BCUT2D eigenvalue weighted by molar-refractivity contribution is 6.42. The zero-order valence-electron chi connectivity index (χ0n) is 15.8. The van der Waals surface area contributed by atoms with E-state index < -0.39 is 0 Å². The van der Waals surface area contributed by atoms with Crippen LogP contribution in [0.15, 0.2) is 42.6 Å². The number of rotatable bonds is 5. The van der Waals surface area contributed by atoms with Crippen molar-refractivity contribution in [3.05, 3.63) is 63.9 Å². The van der Waals surface area contributed by atoms with Gasteiger partial charge in [0.2, 0.25) is 0 Å². The van der Waals surface area contributed by atoms with Crippen molar-refractivity contribution in [1.29, 1.82) is 0 Å². The van der Waals surface area contributed by atoms with Gasteiger partial charge in [-0.25, -0.2) is 4.79 Å². The summed E-state index contributed by atoms with van der Waals surface area (Å²) < 4.78 is 2.01. The van der Waals surface area contributed by atoms with Crippen molar-refractivity contribution in [2.75, 3.05) is 11.9 Å². The summed E-state index contributed by atoms with van der Waals surface area (Å²) in [5.74, 6) is 0. The normalized spacial score (nSPS) is 13.0. The fourth-order valence-corrected chi connectivity index (χ4v) is 3.89. The molecule has 0 saturated heterocycles. The Balaban J connectivity index is 1.41. The minimum Gasteiger partial charge on any atom is -0.336 e. The average molecular weight is 430 g/mol. The Labute approximate surface area is 179 Å². The van der Waals surface area contributed by atoms with Crippen LogP contribution in [-0.2, 0) is 19.4 Å². The molecule has 0 fully saturated rings. The SMILES string of the molecule is O=C(NCCn1nc(-c2ccccn2)c2c1CCCC2)Nc1ccc(Cl)c(Cl)c1. The van der Waals surface area contributed by atoms with E-state index >= 15 is 0 Å². The molecule has 0 atom stereocenters. The molecule has 150 valence electrons. The van der Waals surface area contributed by atoms with E-state index in [0.29, 0.717) is 28.8 Å². The topological polar surface area (TPSA) is 71.8 Å². The molecule has 0 radical (unpaired) electrons. The number of nitrogens with zero attached hydrogens (tertiary/aromatic N) is 3. The molecule has 2 heterocycles. The lowest BCUT2D eigenvalue weighted by Crippen LogP contribution is -2.32. The molecule has 4 rings (SSSR count). The highest BCUT2D eigenvalue weighted by Crippen LogP contribution is 2.30. The molecule has 8 heteroatoms. The van der Waals surface area contributed by atoms with Crippen LogP contribution >= 0.6 is 23.2 Å². The van der Waals surface area contributed by atoms with Gasteiger partial charge in [-0.15, -0.1) is 0 Å². The number of aromatic nitrogens is 3. The lowest BCUT2D eigenvalue weighted by molar-refractivity contribution is 0.251. The van der Waals surface area contributed by atoms with Crippen molar-refractivity contribution >= 4 is 34.9 Å². The van der Waals surface area contributed by atoms with E-state index in [1.807, 2.05) is 22.9 Å². The Kier molecular flexibility index (Phi) is 6.02. The van der Waals surface area contributed by atoms with E-state index in [9.17, 15) is 4.79 Å². The second-order valence-electron chi connectivity index (χ2n) is 6.93. The van der Waals surface area contributed by atoms with Gasteiger partial charge in [0.15, 0.2) is 0 Å². The van der Waals surface area contributed by atoms with E-state index in [-0.39, 0.29) is 6.03 Å². The van der Waals surface area contributed by atoms with Gasteiger partial charge in [-0.3, -0.25) is 9.67 Å². The summed E-state index contributed by atoms with van der Waals surface area (Å²) in [6, 6.07) is 10.5. The summed E-state index contributed by atoms with van der Waals surface area (Å²) in [7, 11) is 0. The Morgan fingerprint density at radius 1 is 1.10 bits per heavy atom. The molecule has 6 nitrogen and oxygen atoms in total. The van der Waals surface area contributed by atoms with Gasteiger partial charge in [0.25, 0.3) is 0 Å². The van der Waals surface area contributed by atoms with Crippen molar-refractivity contribution in [2.45, 2.75) is 32.2 Å². The van der Waals surface area contributed by atoms with Gasteiger partial charge in [0, 0.05) is 29.7 Å². The van der Waals surface area contributed by atoms with Crippen molar-refractivity contribution in [1.82, 2.24) is 20.1 Å². The van der Waals surface area contributed by atoms with Crippen molar-refractivity contribution in [2.24, 2.45) is 0 Å². The number of amides is 2. The summed E-state index contributed by atoms with van der Waals surface area (Å²) in [5.41, 5.74) is 4.99. The highest BCUT2D eigenvalue weighted by Gasteiger charge is 2.22. The molecule has 29 heavy (non-hydrogen) atoms. The Hall–Kier alpha value is -2.57. The average Bonchev–Trinajstić information content (AvgIpc) is 3.10. The molecule has 2 amide bonds. The maximum absolute atomic E-state index is 12.2. The first kappa shape index (κ1) is 19.7. The van der Waals surface area contributed by atoms with Crippen LogP contribution in [0, 0.1) is 0 Å². The van der Waals surface area contributed by atoms with Crippen LogP contribution in [0.1, 0.15) is 24.1 Å². The van der Waals surface area contributed by atoms with Crippen molar-refractivity contribution in [3.8, 4) is 11.4 Å². The molecule has 1 aromatic carbocycles. The maximum Gasteiger partial charge on any atom is 0.319 e. The van der Waals surface area contributed by atoms with Gasteiger partial charge >= 0.3 is 6.03 Å². The minimum atomic E-state index is -0.297. The van der Waals surface area contributed by atoms with Crippen LogP contribution in [0.2, 0.25) is 10.0 Å². The molecule has 0 spiro atoms. The van der Waals surface area contributed by atoms with Crippen molar-refractivity contribution < 1.29 is 4.79 Å². The van der Waals surface area contributed by atoms with Gasteiger partial charge in [-0.2, -0.15) is 5.10 Å². The number of hydrogen-bond acceptors (Lipinski definition) is 3. The third-order valence-corrected chi connectivity index (χ3v) is 5.69. The number of benzene rings is 1. The van der Waals surface area contributed by atoms with Crippen LogP contribution < -0.4 is 10.6 Å². The lowest BCUT2D eigenvalue weighted by atomic mass is 9.95. The zero-order valence-corrected chi connectivity index (χ0v) is 17.3. The minimum absolute atomic E-state index is 0.297. The van der Waals surface area contributed by atoms with E-state index in [4.69, 9.17) is 28.3 Å². The largest absolute Gasteiger partial charge is 0.336 e. The molecule has 3 aromatic rings. The summed E-state index contributed by atoms with van der Waals surface area (Å²) >= 11 is 11.9. The van der Waals surface area contributed by atoms with Gasteiger partial charge < -0.3 is 10.6 Å². The molecule has 1 aliphatic carbocycles. The van der Waals surface area contributed by atoms with Gasteiger partial charge in [0.1, 0.15) is 5.69 Å². The first-order valence-corrected chi connectivity index (χ1v) is 10.4. The summed E-state index contributed by atoms with van der Waals surface area (Å²) in [4.78, 5) is 16.6. The van der Waals surface area contributed by atoms with E-state index in [0.717, 1.165) is 30.7 Å². The van der Waals surface area contributed by atoms with Gasteiger partial charge in [-0.1, -0.05) is 29.3 Å². The molecule has 0 bridgehead atoms. The first-order valence-electron chi connectivity index (χ1n) is 9.61. The summed E-state index contributed by atoms with van der Waals surface area (Å²) in [6.45, 7) is 1.06. The lowest BCUT2D eigenvalue weighted by Gasteiger charge is -2.14. The molecular formula is C21H21Cl2N5O. The van der Waals surface area contributed by atoms with E-state index in [2.05, 4.69) is 15.6 Å². The fourth-order valence-electron chi connectivity index (χ4n) is 3.59. The number of halogens is 2. The maximum atomic E-state index is 12.2. The monoisotopic (exact) mass is 429 g/mol. The molecule has 2 N–H and O–H groups in total. The first-order chi connectivity index (χ1) is 14.1. The van der Waals surface area contributed by atoms with E-state index in [1.165, 1.54) is 17.7 Å². The number of carbonyl (C=O) groups is 1. The van der Waals surface area contributed by atoms with Crippen LogP contribution in [-0.4, -0.2) is 27.3 Å². The molecule has 0 aliphatic heterocycles. The van der Waals surface area contributed by atoms with Gasteiger partial charge in [0.05, 0.1) is 22.3 Å². The van der Waals surface area contributed by atoms with Crippen LogP contribution in [0.25, 0.3) is 11.4 Å². The second-order valence-corrected chi connectivity index (χ2v) is 7.74. The van der Waals surface area contributed by atoms with Crippen LogP contribution in [0.5, 0.6) is 0 Å². The number of fused-ring (bicyclic) bond motifs is 1. The Bertz CT molecular complexity index is 1020. The van der Waals surface area contributed by atoms with Crippen molar-refractivity contribution in [3.63, 3.8) is 0 Å². The Morgan fingerprint density at radius 2 is 1.97 bits per heavy atom. The third-order valence-electron chi connectivity index (χ3n) is 4.95. The van der Waals surface area contributed by atoms with Crippen LogP contribution in [0.4, 0.5) is 10.5 Å². The molecule has 0 unspecified atom stereocenters. The quantitative estimate of drug-likeness (QED) is 0.602. The van der Waals surface area contributed by atoms with Crippen LogP contribution in [0.3, 0.4) is 0 Å². The second kappa shape index (κ2) is 8.84. The third kappa shape index (κ3) is 4.54. The molecule has 0 saturated carbocycles. The Morgan fingerprint density at radius 3 is 2.76 bits per heavy atom. The number of anilines is 1. The number of carbonyl (C=O) groups excluding carboxylic acids is 1.